The maximum absolute atomic E-state index is 11.3. The summed E-state index contributed by atoms with van der Waals surface area (Å²) in [5.74, 6) is -2.68. The topological polar surface area (TPSA) is 114 Å². The van der Waals surface area contributed by atoms with Crippen LogP contribution in [0.1, 0.15) is 27.7 Å². The van der Waals surface area contributed by atoms with Gasteiger partial charge in [-0.25, -0.2) is 0 Å². The summed E-state index contributed by atoms with van der Waals surface area (Å²) in [6.07, 6.45) is -4.65. The molecule has 0 spiro atoms. The normalized spacial score (nSPS) is 27.5. The van der Waals surface area contributed by atoms with E-state index in [4.69, 9.17) is 23.7 Å². The summed E-state index contributed by atoms with van der Waals surface area (Å²) in [5, 5.41) is 0. The van der Waals surface area contributed by atoms with Crippen LogP contribution in [0.15, 0.2) is 0 Å². The van der Waals surface area contributed by atoms with Crippen LogP contribution in [0.3, 0.4) is 0 Å². The van der Waals surface area contributed by atoms with Crippen LogP contribution in [0.2, 0.25) is 0 Å². The Bertz CT molecular complexity index is 416. The summed E-state index contributed by atoms with van der Waals surface area (Å²) in [7, 11) is 0. The lowest BCUT2D eigenvalue weighted by molar-refractivity contribution is -0.273. The quantitative estimate of drug-likeness (QED) is 0.509. The van der Waals surface area contributed by atoms with Crippen LogP contribution in [0, 0.1) is 0 Å². The van der Waals surface area contributed by atoms with Crippen molar-refractivity contribution in [1.29, 1.82) is 0 Å². The minimum atomic E-state index is -1.27. The van der Waals surface area contributed by atoms with E-state index in [-0.39, 0.29) is 6.61 Å². The molecular formula is C13H18O9. The summed E-state index contributed by atoms with van der Waals surface area (Å²) in [4.78, 5) is 44.7. The van der Waals surface area contributed by atoms with Gasteiger partial charge in [0.05, 0.1) is 6.61 Å². The molecule has 0 aromatic rings. The van der Waals surface area contributed by atoms with Gasteiger partial charge in [0.2, 0.25) is 12.4 Å². The molecule has 0 bridgehead atoms. The fraction of sp³-hybridized carbons (Fsp3) is 0.692. The molecule has 9 nitrogen and oxygen atoms in total. The van der Waals surface area contributed by atoms with Crippen molar-refractivity contribution in [2.75, 3.05) is 6.61 Å². The molecule has 0 N–H and O–H groups in total. The Hall–Kier alpha value is -2.16. The molecule has 0 saturated carbocycles. The molecule has 1 fully saturated rings. The molecule has 1 saturated heterocycles. The van der Waals surface area contributed by atoms with Crippen molar-refractivity contribution in [3.05, 3.63) is 0 Å². The SMILES string of the molecule is CC(=O)OC1OC[C@H](OC(C)=O)C(OC(C)=O)[C@@H]1OC(C)=O. The van der Waals surface area contributed by atoms with Crippen LogP contribution in [-0.2, 0) is 42.9 Å². The third-order valence-corrected chi connectivity index (χ3v) is 2.59. The Morgan fingerprint density at radius 1 is 0.727 bits per heavy atom. The van der Waals surface area contributed by atoms with Gasteiger partial charge < -0.3 is 23.7 Å². The zero-order chi connectivity index (χ0) is 16.9. The highest BCUT2D eigenvalue weighted by atomic mass is 16.7. The number of rotatable bonds is 4. The Labute approximate surface area is 126 Å². The van der Waals surface area contributed by atoms with Gasteiger partial charge in [0.15, 0.2) is 12.2 Å². The summed E-state index contributed by atoms with van der Waals surface area (Å²) in [6.45, 7) is 4.40. The van der Waals surface area contributed by atoms with Crippen molar-refractivity contribution in [2.45, 2.75) is 52.3 Å². The Balaban J connectivity index is 3.03. The third kappa shape index (κ3) is 5.32. The van der Waals surface area contributed by atoms with Crippen molar-refractivity contribution < 1.29 is 42.9 Å². The molecule has 0 aromatic carbocycles. The second-order valence-electron chi connectivity index (χ2n) is 4.61. The van der Waals surface area contributed by atoms with E-state index in [1.807, 2.05) is 0 Å². The van der Waals surface area contributed by atoms with Gasteiger partial charge in [-0.1, -0.05) is 0 Å². The highest BCUT2D eigenvalue weighted by Gasteiger charge is 2.48. The first-order valence-electron chi connectivity index (χ1n) is 6.51. The summed E-state index contributed by atoms with van der Waals surface area (Å²) in [6, 6.07) is 0. The average molecular weight is 318 g/mol. The van der Waals surface area contributed by atoms with Crippen LogP contribution in [-0.4, -0.2) is 55.1 Å². The molecule has 0 aromatic heterocycles. The fourth-order valence-electron chi connectivity index (χ4n) is 1.97. The first kappa shape index (κ1) is 17.9. The average Bonchev–Trinajstić information content (AvgIpc) is 2.34. The van der Waals surface area contributed by atoms with Gasteiger partial charge in [0.1, 0.15) is 0 Å². The minimum Gasteiger partial charge on any atom is -0.456 e. The molecule has 4 atom stereocenters. The van der Waals surface area contributed by atoms with Crippen LogP contribution >= 0.6 is 0 Å². The van der Waals surface area contributed by atoms with Gasteiger partial charge in [-0.2, -0.15) is 0 Å². The van der Waals surface area contributed by atoms with Crippen molar-refractivity contribution in [2.24, 2.45) is 0 Å². The van der Waals surface area contributed by atoms with E-state index in [1.54, 1.807) is 0 Å². The zero-order valence-corrected chi connectivity index (χ0v) is 12.7. The largest absolute Gasteiger partial charge is 0.456 e. The molecule has 1 aliphatic rings. The lowest BCUT2D eigenvalue weighted by Crippen LogP contribution is -2.58. The molecule has 0 radical (unpaired) electrons. The van der Waals surface area contributed by atoms with E-state index < -0.39 is 48.5 Å². The van der Waals surface area contributed by atoms with Gasteiger partial charge in [-0.15, -0.1) is 0 Å². The second kappa shape index (κ2) is 7.74. The van der Waals surface area contributed by atoms with Gasteiger partial charge in [-0.05, 0) is 0 Å². The lowest BCUT2D eigenvalue weighted by atomic mass is 10.0. The van der Waals surface area contributed by atoms with Crippen LogP contribution < -0.4 is 0 Å². The van der Waals surface area contributed by atoms with Crippen LogP contribution in [0.4, 0.5) is 0 Å². The molecular weight excluding hydrogens is 300 g/mol. The van der Waals surface area contributed by atoms with Gasteiger partial charge in [0, 0.05) is 27.7 Å². The molecule has 0 aliphatic carbocycles. The minimum absolute atomic E-state index is 0.187. The van der Waals surface area contributed by atoms with E-state index in [2.05, 4.69) is 0 Å². The molecule has 1 aliphatic heterocycles. The van der Waals surface area contributed by atoms with Gasteiger partial charge >= 0.3 is 23.9 Å². The summed E-state index contributed by atoms with van der Waals surface area (Å²) >= 11 is 0. The molecule has 2 unspecified atom stereocenters. The molecule has 1 heterocycles. The van der Waals surface area contributed by atoms with Crippen molar-refractivity contribution in [3.8, 4) is 0 Å². The Morgan fingerprint density at radius 3 is 1.64 bits per heavy atom. The standard InChI is InChI=1S/C13H18O9/c1-6(14)19-10-5-18-13(22-9(4)17)12(21-8(3)16)11(10)20-7(2)15/h10-13H,5H2,1-4H3/t10-,11?,12-,13?/m0/s1. The predicted octanol–water partition coefficient (Wildman–Crippen LogP) is -0.299. The third-order valence-electron chi connectivity index (χ3n) is 2.59. The molecule has 124 valence electrons. The molecule has 9 heteroatoms. The number of ether oxygens (including phenoxy) is 5. The number of carbonyl (C=O) groups is 4. The van der Waals surface area contributed by atoms with E-state index >= 15 is 0 Å². The van der Waals surface area contributed by atoms with Gasteiger partial charge in [0.25, 0.3) is 0 Å². The van der Waals surface area contributed by atoms with E-state index in [0.29, 0.717) is 0 Å². The van der Waals surface area contributed by atoms with E-state index in [0.717, 1.165) is 20.8 Å². The maximum Gasteiger partial charge on any atom is 0.305 e. The Kier molecular flexibility index (Phi) is 6.29. The van der Waals surface area contributed by atoms with E-state index in [1.165, 1.54) is 6.92 Å². The summed E-state index contributed by atoms with van der Waals surface area (Å²) in [5.41, 5.74) is 0. The first-order valence-corrected chi connectivity index (χ1v) is 6.51. The van der Waals surface area contributed by atoms with Crippen LogP contribution in [0.25, 0.3) is 0 Å². The second-order valence-corrected chi connectivity index (χ2v) is 4.61. The molecule has 0 amide bonds. The Morgan fingerprint density at radius 2 is 1.18 bits per heavy atom. The van der Waals surface area contributed by atoms with E-state index in [9.17, 15) is 19.2 Å². The summed E-state index contributed by atoms with van der Waals surface area (Å²) < 4.78 is 25.2. The smallest absolute Gasteiger partial charge is 0.305 e. The zero-order valence-electron chi connectivity index (χ0n) is 12.7. The number of carbonyl (C=O) groups excluding carboxylic acids is 4. The fourth-order valence-corrected chi connectivity index (χ4v) is 1.97. The van der Waals surface area contributed by atoms with Crippen molar-refractivity contribution >= 4 is 23.9 Å². The van der Waals surface area contributed by atoms with Crippen molar-refractivity contribution in [1.82, 2.24) is 0 Å². The van der Waals surface area contributed by atoms with Crippen LogP contribution in [0.5, 0.6) is 0 Å². The maximum atomic E-state index is 11.3. The van der Waals surface area contributed by atoms with Crippen molar-refractivity contribution in [3.63, 3.8) is 0 Å². The molecule has 1 rings (SSSR count). The lowest BCUT2D eigenvalue weighted by Gasteiger charge is -2.39. The highest BCUT2D eigenvalue weighted by Crippen LogP contribution is 2.25. The number of hydrogen-bond donors (Lipinski definition) is 0. The monoisotopic (exact) mass is 318 g/mol. The number of hydrogen-bond acceptors (Lipinski definition) is 9. The predicted molar refractivity (Wildman–Crippen MR) is 68.2 cm³/mol. The number of esters is 4. The van der Waals surface area contributed by atoms with Gasteiger partial charge in [-0.3, -0.25) is 19.2 Å². The molecule has 22 heavy (non-hydrogen) atoms. The first-order chi connectivity index (χ1) is 10.2. The highest BCUT2D eigenvalue weighted by molar-refractivity contribution is 5.69.